The Morgan fingerprint density at radius 1 is 1.11 bits per heavy atom. The molecule has 1 fully saturated rings. The number of aromatic nitrogens is 1. The van der Waals surface area contributed by atoms with Crippen molar-refractivity contribution < 1.29 is 27.5 Å². The van der Waals surface area contributed by atoms with E-state index in [2.05, 4.69) is 10.3 Å². The fourth-order valence-corrected chi connectivity index (χ4v) is 6.42. The minimum absolute atomic E-state index is 0.0150. The van der Waals surface area contributed by atoms with Gasteiger partial charge in [-0.1, -0.05) is 18.0 Å². The van der Waals surface area contributed by atoms with Crippen LogP contribution in [-0.2, 0) is 19.6 Å². The molecule has 190 valence electrons. The molecule has 0 saturated carbocycles. The van der Waals surface area contributed by atoms with Gasteiger partial charge in [0, 0.05) is 24.0 Å². The number of hydrogen-bond acceptors (Lipinski definition) is 8. The summed E-state index contributed by atoms with van der Waals surface area (Å²) in [6, 6.07) is 11.2. The lowest BCUT2D eigenvalue weighted by atomic mass is 10.2. The summed E-state index contributed by atoms with van der Waals surface area (Å²) < 4.78 is 37.6. The maximum atomic E-state index is 13.0. The molecule has 1 aliphatic heterocycles. The number of methoxy groups -OCH3 is 1. The molecule has 1 amide bonds. The van der Waals surface area contributed by atoms with Crippen LogP contribution in [0.2, 0.25) is 5.02 Å². The zero-order valence-electron chi connectivity index (χ0n) is 19.4. The Labute approximate surface area is 218 Å². The predicted octanol–water partition coefficient (Wildman–Crippen LogP) is 4.44. The van der Waals surface area contributed by atoms with E-state index in [1.807, 2.05) is 24.3 Å². The highest BCUT2D eigenvalue weighted by atomic mass is 35.5. The Bertz CT molecular complexity index is 1350. The quantitative estimate of drug-likeness (QED) is 0.413. The van der Waals surface area contributed by atoms with Gasteiger partial charge >= 0.3 is 5.97 Å². The summed E-state index contributed by atoms with van der Waals surface area (Å²) in [4.78, 5) is 29.1. The average molecular weight is 550 g/mol. The monoisotopic (exact) mass is 549 g/mol. The number of ether oxygens (including phenoxy) is 2. The molecule has 9 nitrogen and oxygen atoms in total. The van der Waals surface area contributed by atoms with E-state index < -0.39 is 28.5 Å². The number of anilines is 1. The van der Waals surface area contributed by atoms with Crippen molar-refractivity contribution in [3.05, 3.63) is 58.4 Å². The van der Waals surface area contributed by atoms with Crippen molar-refractivity contribution in [1.29, 1.82) is 0 Å². The summed E-state index contributed by atoms with van der Waals surface area (Å²) >= 11 is 7.38. The molecule has 2 heterocycles. The van der Waals surface area contributed by atoms with Crippen LogP contribution in [0.4, 0.5) is 5.13 Å². The summed E-state index contributed by atoms with van der Waals surface area (Å²) in [5.41, 5.74) is 1.52. The molecular formula is C24H24ClN3O6S2. The van der Waals surface area contributed by atoms with Crippen molar-refractivity contribution in [2.24, 2.45) is 0 Å². The van der Waals surface area contributed by atoms with Crippen LogP contribution in [0.5, 0.6) is 5.75 Å². The van der Waals surface area contributed by atoms with Gasteiger partial charge < -0.3 is 9.47 Å². The van der Waals surface area contributed by atoms with E-state index in [4.69, 9.17) is 21.1 Å². The summed E-state index contributed by atoms with van der Waals surface area (Å²) in [6.45, 7) is 0.252. The topological polar surface area (TPSA) is 115 Å². The molecule has 0 aliphatic carbocycles. The number of carbonyl (C=O) groups is 2. The number of hydrogen-bond donors (Lipinski definition) is 1. The number of carbonyl (C=O) groups excluding carboxylic acids is 2. The molecule has 1 aromatic heterocycles. The van der Waals surface area contributed by atoms with Crippen LogP contribution in [0.15, 0.2) is 52.7 Å². The van der Waals surface area contributed by atoms with Gasteiger partial charge in [-0.3, -0.25) is 10.1 Å². The first-order valence-electron chi connectivity index (χ1n) is 11.1. The third-order valence-corrected chi connectivity index (χ3v) is 8.71. The highest BCUT2D eigenvalue weighted by Gasteiger charge is 2.29. The molecule has 0 spiro atoms. The number of rotatable bonds is 8. The Morgan fingerprint density at radius 2 is 1.83 bits per heavy atom. The maximum Gasteiger partial charge on any atom is 0.338 e. The van der Waals surface area contributed by atoms with Crippen LogP contribution in [-0.4, -0.2) is 56.4 Å². The second kappa shape index (κ2) is 11.4. The van der Waals surface area contributed by atoms with E-state index in [0.717, 1.165) is 30.6 Å². The molecule has 0 unspecified atom stereocenters. The lowest BCUT2D eigenvalue weighted by molar-refractivity contribution is -0.119. The van der Waals surface area contributed by atoms with Gasteiger partial charge in [-0.2, -0.15) is 4.31 Å². The zero-order valence-corrected chi connectivity index (χ0v) is 21.8. The molecule has 4 rings (SSSR count). The first-order valence-corrected chi connectivity index (χ1v) is 13.8. The number of benzene rings is 2. The first-order chi connectivity index (χ1) is 17.3. The average Bonchev–Trinajstić information content (AvgIpc) is 3.36. The molecule has 1 saturated heterocycles. The number of thiazole rings is 1. The SMILES string of the molecule is COc1ccc(-c2csc(NC(=O)COC(=O)c3ccc(Cl)c(S(=O)(=O)N4CCCCC4)c3)n2)cc1. The predicted molar refractivity (Wildman–Crippen MR) is 137 cm³/mol. The smallest absolute Gasteiger partial charge is 0.338 e. The molecule has 3 aromatic rings. The fraction of sp³-hybridized carbons (Fsp3) is 0.292. The van der Waals surface area contributed by atoms with Crippen LogP contribution < -0.4 is 10.1 Å². The third-order valence-electron chi connectivity index (χ3n) is 5.57. The Hall–Kier alpha value is -2.99. The molecule has 36 heavy (non-hydrogen) atoms. The van der Waals surface area contributed by atoms with Crippen molar-refractivity contribution in [1.82, 2.24) is 9.29 Å². The number of halogens is 1. The van der Waals surface area contributed by atoms with Crippen molar-refractivity contribution >= 4 is 50.0 Å². The van der Waals surface area contributed by atoms with Crippen molar-refractivity contribution in [2.75, 3.05) is 32.1 Å². The Balaban J connectivity index is 1.36. The van der Waals surface area contributed by atoms with Crippen molar-refractivity contribution in [3.63, 3.8) is 0 Å². The van der Waals surface area contributed by atoms with Crippen molar-refractivity contribution in [2.45, 2.75) is 24.2 Å². The zero-order chi connectivity index (χ0) is 25.7. The third kappa shape index (κ3) is 6.04. The van der Waals surface area contributed by atoms with Crippen molar-refractivity contribution in [3.8, 4) is 17.0 Å². The number of nitrogens with zero attached hydrogens (tertiary/aromatic N) is 2. The largest absolute Gasteiger partial charge is 0.497 e. The van der Waals surface area contributed by atoms with Gasteiger partial charge in [0.1, 0.15) is 10.6 Å². The molecule has 0 atom stereocenters. The van der Waals surface area contributed by atoms with Crippen LogP contribution in [0, 0.1) is 0 Å². The summed E-state index contributed by atoms with van der Waals surface area (Å²) in [7, 11) is -2.26. The second-order valence-electron chi connectivity index (χ2n) is 8.00. The number of sulfonamides is 1. The van der Waals surface area contributed by atoms with Crippen LogP contribution in [0.1, 0.15) is 29.6 Å². The maximum absolute atomic E-state index is 13.0. The van der Waals surface area contributed by atoms with Gasteiger partial charge in [0.25, 0.3) is 5.91 Å². The Morgan fingerprint density at radius 3 is 2.53 bits per heavy atom. The fourth-order valence-electron chi connectivity index (χ4n) is 3.67. The van der Waals surface area contributed by atoms with Gasteiger partial charge in [-0.15, -0.1) is 11.3 Å². The number of nitrogens with one attached hydrogen (secondary N) is 1. The minimum Gasteiger partial charge on any atom is -0.497 e. The van der Waals surface area contributed by atoms with Gasteiger partial charge in [-0.05, 0) is 55.3 Å². The minimum atomic E-state index is -3.84. The lowest BCUT2D eigenvalue weighted by Gasteiger charge is -2.26. The standard InChI is InChI=1S/C24H24ClN3O6S2/c1-33-18-8-5-16(6-9-18)20-15-35-24(26-20)27-22(29)14-34-23(30)17-7-10-19(25)21(13-17)36(31,32)28-11-3-2-4-12-28/h5-10,13,15H,2-4,11-12,14H2,1H3,(H,26,27,29). The molecule has 2 aromatic carbocycles. The number of piperidine rings is 1. The van der Waals surface area contributed by atoms with Crippen LogP contribution in [0.25, 0.3) is 11.3 Å². The van der Waals surface area contributed by atoms with E-state index in [1.165, 1.54) is 33.8 Å². The van der Waals surface area contributed by atoms with Crippen LogP contribution in [0.3, 0.4) is 0 Å². The second-order valence-corrected chi connectivity index (χ2v) is 11.2. The summed E-state index contributed by atoms with van der Waals surface area (Å²) in [6.07, 6.45) is 2.51. The highest BCUT2D eigenvalue weighted by Crippen LogP contribution is 2.29. The van der Waals surface area contributed by atoms with E-state index in [9.17, 15) is 18.0 Å². The molecule has 12 heteroatoms. The lowest BCUT2D eigenvalue weighted by Crippen LogP contribution is -2.35. The summed E-state index contributed by atoms with van der Waals surface area (Å²) in [5.74, 6) is -0.690. The molecule has 1 aliphatic rings. The van der Waals surface area contributed by atoms with Gasteiger partial charge in [0.2, 0.25) is 10.0 Å². The van der Waals surface area contributed by atoms with E-state index in [0.29, 0.717) is 23.9 Å². The molecule has 1 N–H and O–H groups in total. The molecular weight excluding hydrogens is 526 g/mol. The molecule has 0 radical (unpaired) electrons. The number of amides is 1. The first kappa shape index (κ1) is 26.1. The van der Waals surface area contributed by atoms with E-state index >= 15 is 0 Å². The van der Waals surface area contributed by atoms with Crippen LogP contribution >= 0.6 is 22.9 Å². The number of esters is 1. The molecule has 0 bridgehead atoms. The van der Waals surface area contributed by atoms with Gasteiger partial charge in [0.15, 0.2) is 11.7 Å². The normalized spacial score (nSPS) is 14.3. The Kier molecular flexibility index (Phi) is 8.24. The van der Waals surface area contributed by atoms with Gasteiger partial charge in [-0.25, -0.2) is 18.2 Å². The van der Waals surface area contributed by atoms with E-state index in [-0.39, 0.29) is 15.5 Å². The highest BCUT2D eigenvalue weighted by molar-refractivity contribution is 7.89. The summed E-state index contributed by atoms with van der Waals surface area (Å²) in [5, 5.41) is 4.76. The van der Waals surface area contributed by atoms with E-state index in [1.54, 1.807) is 12.5 Å². The van der Waals surface area contributed by atoms with Gasteiger partial charge in [0.05, 0.1) is 23.4 Å².